The van der Waals surface area contributed by atoms with Crippen molar-refractivity contribution in [3.63, 3.8) is 0 Å². The molecule has 2 aromatic rings. The van der Waals surface area contributed by atoms with E-state index < -0.39 is 11.6 Å². The summed E-state index contributed by atoms with van der Waals surface area (Å²) in [5.41, 5.74) is 6.38. The van der Waals surface area contributed by atoms with Crippen LogP contribution in [0.1, 0.15) is 4.88 Å². The summed E-state index contributed by atoms with van der Waals surface area (Å²) in [5.74, 6) is -1.93. The maximum atomic E-state index is 13.1. The first-order chi connectivity index (χ1) is 7.49. The van der Waals surface area contributed by atoms with Gasteiger partial charge in [0, 0.05) is 10.4 Å². The molecule has 0 aliphatic carbocycles. The van der Waals surface area contributed by atoms with Gasteiger partial charge in [0.1, 0.15) is 0 Å². The molecule has 2 nitrogen and oxygen atoms in total. The summed E-state index contributed by atoms with van der Waals surface area (Å²) >= 11 is 7.11. The van der Waals surface area contributed by atoms with Gasteiger partial charge in [-0.25, -0.2) is 13.8 Å². The molecule has 0 radical (unpaired) electrons. The molecular weight excluding hydrogens is 254 g/mol. The average Bonchev–Trinajstić information content (AvgIpc) is 2.51. The topological polar surface area (TPSA) is 38.9 Å². The number of aryl methyl sites for hydroxylation is 1. The molecule has 0 aliphatic heterocycles. The zero-order valence-electron chi connectivity index (χ0n) is 8.22. The van der Waals surface area contributed by atoms with E-state index in [0.29, 0.717) is 16.4 Å². The second-order valence-electron chi connectivity index (χ2n) is 3.20. The molecule has 6 heteroatoms. The molecule has 2 N–H and O–H groups in total. The maximum Gasteiger partial charge on any atom is 0.180 e. The number of benzene rings is 1. The lowest BCUT2D eigenvalue weighted by Gasteiger charge is -2.03. The van der Waals surface area contributed by atoms with Crippen LogP contribution in [-0.4, -0.2) is 4.98 Å². The van der Waals surface area contributed by atoms with E-state index in [1.807, 2.05) is 0 Å². The minimum absolute atomic E-state index is 0.118. The predicted octanol–water partition coefficient (Wildman–Crippen LogP) is 3.63. The molecule has 1 heterocycles. The Kier molecular flexibility index (Phi) is 2.82. The van der Waals surface area contributed by atoms with E-state index in [-0.39, 0.29) is 5.02 Å². The van der Waals surface area contributed by atoms with Crippen molar-refractivity contribution in [2.24, 2.45) is 0 Å². The SMILES string of the molecule is Cc1sc(N)nc1-c1cc(F)c(F)cc1Cl. The van der Waals surface area contributed by atoms with Crippen molar-refractivity contribution >= 4 is 28.1 Å². The number of nitrogens with zero attached hydrogens (tertiary/aromatic N) is 1. The molecule has 0 saturated heterocycles. The summed E-state index contributed by atoms with van der Waals surface area (Å²) in [5, 5.41) is 0.487. The maximum absolute atomic E-state index is 13.1. The van der Waals surface area contributed by atoms with Crippen LogP contribution in [0.5, 0.6) is 0 Å². The van der Waals surface area contributed by atoms with Gasteiger partial charge < -0.3 is 5.73 Å². The lowest BCUT2D eigenvalue weighted by atomic mass is 10.1. The van der Waals surface area contributed by atoms with Crippen LogP contribution in [0.3, 0.4) is 0 Å². The zero-order valence-corrected chi connectivity index (χ0v) is 9.79. The molecule has 16 heavy (non-hydrogen) atoms. The van der Waals surface area contributed by atoms with Crippen LogP contribution in [-0.2, 0) is 0 Å². The van der Waals surface area contributed by atoms with Gasteiger partial charge >= 0.3 is 0 Å². The van der Waals surface area contributed by atoms with Gasteiger partial charge in [-0.15, -0.1) is 11.3 Å². The molecule has 1 aromatic heterocycles. The first kappa shape index (κ1) is 11.3. The van der Waals surface area contributed by atoms with E-state index in [1.165, 1.54) is 11.3 Å². The third kappa shape index (κ3) is 1.88. The van der Waals surface area contributed by atoms with Crippen LogP contribution in [0, 0.1) is 18.6 Å². The molecule has 0 fully saturated rings. The minimum atomic E-state index is -0.977. The van der Waals surface area contributed by atoms with Crippen molar-refractivity contribution in [2.75, 3.05) is 5.73 Å². The van der Waals surface area contributed by atoms with Crippen molar-refractivity contribution in [3.8, 4) is 11.3 Å². The number of nitrogens with two attached hydrogens (primary N) is 1. The van der Waals surface area contributed by atoms with Crippen molar-refractivity contribution in [1.29, 1.82) is 0 Å². The summed E-state index contributed by atoms with van der Waals surface area (Å²) < 4.78 is 26.0. The second-order valence-corrected chi connectivity index (χ2v) is 4.85. The number of anilines is 1. The molecule has 84 valence electrons. The number of halogens is 3. The molecule has 0 aliphatic rings. The fourth-order valence-electron chi connectivity index (χ4n) is 1.37. The van der Waals surface area contributed by atoms with E-state index in [2.05, 4.69) is 4.98 Å². The van der Waals surface area contributed by atoms with Crippen molar-refractivity contribution in [3.05, 3.63) is 33.7 Å². The van der Waals surface area contributed by atoms with Crippen molar-refractivity contribution in [1.82, 2.24) is 4.98 Å². The highest BCUT2D eigenvalue weighted by Crippen LogP contribution is 2.34. The monoisotopic (exact) mass is 260 g/mol. The fourth-order valence-corrected chi connectivity index (χ4v) is 2.31. The lowest BCUT2D eigenvalue weighted by molar-refractivity contribution is 0.509. The van der Waals surface area contributed by atoms with E-state index in [1.54, 1.807) is 6.92 Å². The van der Waals surface area contributed by atoms with E-state index >= 15 is 0 Å². The summed E-state index contributed by atoms with van der Waals surface area (Å²) in [6, 6.07) is 1.96. The predicted molar refractivity (Wildman–Crippen MR) is 61.6 cm³/mol. The third-order valence-electron chi connectivity index (χ3n) is 2.08. The van der Waals surface area contributed by atoms with Gasteiger partial charge in [-0.1, -0.05) is 11.6 Å². The highest BCUT2D eigenvalue weighted by molar-refractivity contribution is 7.15. The molecular formula is C10H7ClF2N2S. The van der Waals surface area contributed by atoms with Crippen LogP contribution in [0.15, 0.2) is 12.1 Å². The summed E-state index contributed by atoms with van der Waals surface area (Å²) in [7, 11) is 0. The van der Waals surface area contributed by atoms with Crippen LogP contribution < -0.4 is 5.73 Å². The quantitative estimate of drug-likeness (QED) is 0.795. The molecule has 0 atom stereocenters. The van der Waals surface area contributed by atoms with Gasteiger partial charge in [0.25, 0.3) is 0 Å². The molecule has 0 saturated carbocycles. The van der Waals surface area contributed by atoms with Gasteiger partial charge in [0.2, 0.25) is 0 Å². The van der Waals surface area contributed by atoms with Crippen molar-refractivity contribution < 1.29 is 8.78 Å². The fraction of sp³-hybridized carbons (Fsp3) is 0.100. The first-order valence-corrected chi connectivity index (χ1v) is 5.56. The molecule has 0 bridgehead atoms. The summed E-state index contributed by atoms with van der Waals surface area (Å²) in [4.78, 5) is 4.85. The smallest absolute Gasteiger partial charge is 0.180 e. The summed E-state index contributed by atoms with van der Waals surface area (Å²) in [6.45, 7) is 1.79. The van der Waals surface area contributed by atoms with Gasteiger partial charge in [-0.2, -0.15) is 0 Å². The number of aromatic nitrogens is 1. The van der Waals surface area contributed by atoms with Crippen LogP contribution in [0.25, 0.3) is 11.3 Å². The lowest BCUT2D eigenvalue weighted by Crippen LogP contribution is -1.90. The number of thiazole rings is 1. The highest BCUT2D eigenvalue weighted by Gasteiger charge is 2.15. The molecule has 0 unspecified atom stereocenters. The first-order valence-electron chi connectivity index (χ1n) is 4.37. The van der Waals surface area contributed by atoms with E-state index in [9.17, 15) is 8.78 Å². The largest absolute Gasteiger partial charge is 0.375 e. The van der Waals surface area contributed by atoms with Crippen LogP contribution >= 0.6 is 22.9 Å². The number of rotatable bonds is 1. The summed E-state index contributed by atoms with van der Waals surface area (Å²) in [6.07, 6.45) is 0. The van der Waals surface area contributed by atoms with Crippen molar-refractivity contribution in [2.45, 2.75) is 6.92 Å². The Morgan fingerprint density at radius 2 is 1.94 bits per heavy atom. The minimum Gasteiger partial charge on any atom is -0.375 e. The van der Waals surface area contributed by atoms with Crippen LogP contribution in [0.2, 0.25) is 5.02 Å². The molecule has 2 rings (SSSR count). The zero-order chi connectivity index (χ0) is 11.9. The third-order valence-corrected chi connectivity index (χ3v) is 3.19. The number of nitrogen functional groups attached to an aromatic ring is 1. The number of hydrogen-bond acceptors (Lipinski definition) is 3. The van der Waals surface area contributed by atoms with Gasteiger partial charge in [0.05, 0.1) is 10.7 Å². The highest BCUT2D eigenvalue weighted by atomic mass is 35.5. The Morgan fingerprint density at radius 3 is 2.50 bits per heavy atom. The molecule has 0 amide bonds. The Labute approximate surface area is 99.7 Å². The van der Waals surface area contributed by atoms with E-state index in [4.69, 9.17) is 17.3 Å². The Hall–Kier alpha value is -1.20. The van der Waals surface area contributed by atoms with Gasteiger partial charge in [-0.05, 0) is 19.1 Å². The van der Waals surface area contributed by atoms with E-state index in [0.717, 1.165) is 17.0 Å². The van der Waals surface area contributed by atoms with Crippen LogP contribution in [0.4, 0.5) is 13.9 Å². The number of hydrogen-bond donors (Lipinski definition) is 1. The Morgan fingerprint density at radius 1 is 1.31 bits per heavy atom. The van der Waals surface area contributed by atoms with Gasteiger partial charge in [-0.3, -0.25) is 0 Å². The Balaban J connectivity index is 2.64. The standard InChI is InChI=1S/C10H7ClF2N2S/c1-4-9(15-10(14)16-4)5-2-7(12)8(13)3-6(5)11/h2-3H,1H3,(H2,14,15). The molecule has 1 aromatic carbocycles. The van der Waals surface area contributed by atoms with Gasteiger partial charge in [0.15, 0.2) is 16.8 Å². The molecule has 0 spiro atoms. The Bertz CT molecular complexity index is 554. The normalized spacial score (nSPS) is 10.8. The second kappa shape index (κ2) is 3.99. The average molecular weight is 261 g/mol.